The van der Waals surface area contributed by atoms with Gasteiger partial charge in [-0.3, -0.25) is 4.79 Å². The van der Waals surface area contributed by atoms with Crippen LogP contribution in [0.25, 0.3) is 0 Å². The van der Waals surface area contributed by atoms with E-state index < -0.39 is 0 Å². The lowest BCUT2D eigenvalue weighted by atomic mass is 9.72. The minimum absolute atomic E-state index is 0.0882. The van der Waals surface area contributed by atoms with Crippen molar-refractivity contribution in [1.29, 1.82) is 0 Å². The predicted octanol–water partition coefficient (Wildman–Crippen LogP) is 3.86. The van der Waals surface area contributed by atoms with E-state index in [-0.39, 0.29) is 22.8 Å². The van der Waals surface area contributed by atoms with Gasteiger partial charge in [-0.1, -0.05) is 39.2 Å². The molecule has 0 spiro atoms. The van der Waals surface area contributed by atoms with Crippen LogP contribution in [0.15, 0.2) is 17.5 Å². The fourth-order valence-corrected chi connectivity index (χ4v) is 4.64. The zero-order valence-electron chi connectivity index (χ0n) is 14.0. The first-order valence-corrected chi connectivity index (χ1v) is 9.24. The Bertz CT molecular complexity index is 473. The molecule has 2 N–H and O–H groups in total. The van der Waals surface area contributed by atoms with E-state index in [1.54, 1.807) is 18.3 Å². The Morgan fingerprint density at radius 2 is 2.09 bits per heavy atom. The van der Waals surface area contributed by atoms with E-state index >= 15 is 0 Å². The largest absolute Gasteiger partial charge is 0.393 e. The Balaban J connectivity index is 2.07. The second-order valence-electron chi connectivity index (χ2n) is 7.52. The van der Waals surface area contributed by atoms with E-state index in [0.29, 0.717) is 13.0 Å². The molecule has 4 heteroatoms. The number of carbonyl (C=O) groups is 1. The van der Waals surface area contributed by atoms with Crippen LogP contribution in [0.4, 0.5) is 0 Å². The summed E-state index contributed by atoms with van der Waals surface area (Å²) < 4.78 is 0. The lowest BCUT2D eigenvalue weighted by molar-refractivity contribution is -0.128. The summed E-state index contributed by atoms with van der Waals surface area (Å²) in [5, 5.41) is 14.8. The lowest BCUT2D eigenvalue weighted by Gasteiger charge is -2.36. The minimum Gasteiger partial charge on any atom is -0.393 e. The maximum Gasteiger partial charge on any atom is 0.231 e. The van der Waals surface area contributed by atoms with Gasteiger partial charge in [0.25, 0.3) is 0 Å². The van der Waals surface area contributed by atoms with Crippen molar-refractivity contribution >= 4 is 17.2 Å². The summed E-state index contributed by atoms with van der Waals surface area (Å²) in [4.78, 5) is 14.2. The molecule has 1 aliphatic rings. The Labute approximate surface area is 138 Å². The molecular formula is C18H29NO2S. The van der Waals surface area contributed by atoms with Crippen molar-refractivity contribution in [3.63, 3.8) is 0 Å². The average molecular weight is 324 g/mol. The summed E-state index contributed by atoms with van der Waals surface area (Å²) in [6.07, 6.45) is 5.75. The fourth-order valence-electron chi connectivity index (χ4n) is 3.65. The molecule has 0 radical (unpaired) electrons. The van der Waals surface area contributed by atoms with Crippen molar-refractivity contribution in [3.05, 3.63) is 22.4 Å². The topological polar surface area (TPSA) is 49.3 Å². The van der Waals surface area contributed by atoms with Crippen molar-refractivity contribution in [3.8, 4) is 0 Å². The van der Waals surface area contributed by atoms with Crippen molar-refractivity contribution in [1.82, 2.24) is 5.32 Å². The van der Waals surface area contributed by atoms with E-state index in [0.717, 1.165) is 25.7 Å². The standard InChI is InChI=1S/C18H29NO2S/c1-14(20)12-17(2,3)13-19-16(21)18(9-5-4-6-10-18)15-8-7-11-22-15/h7-8,11,14,20H,4-6,9-10,12-13H2,1-3H3,(H,19,21). The summed E-state index contributed by atoms with van der Waals surface area (Å²) in [5.41, 5.74) is -0.414. The molecule has 22 heavy (non-hydrogen) atoms. The molecule has 1 amide bonds. The first kappa shape index (κ1) is 17.5. The Morgan fingerprint density at radius 1 is 1.41 bits per heavy atom. The third-order valence-corrected chi connectivity index (χ3v) is 5.78. The van der Waals surface area contributed by atoms with Crippen LogP contribution < -0.4 is 5.32 Å². The molecule has 1 saturated carbocycles. The molecule has 1 fully saturated rings. The Morgan fingerprint density at radius 3 is 2.64 bits per heavy atom. The summed E-state index contributed by atoms with van der Waals surface area (Å²) in [6.45, 7) is 6.61. The van der Waals surface area contributed by atoms with Gasteiger partial charge in [0, 0.05) is 11.4 Å². The van der Waals surface area contributed by atoms with Gasteiger partial charge in [-0.2, -0.15) is 0 Å². The third kappa shape index (κ3) is 4.11. The molecule has 1 atom stereocenters. The van der Waals surface area contributed by atoms with Crippen LogP contribution in [0.2, 0.25) is 0 Å². The molecule has 1 aromatic heterocycles. The zero-order valence-corrected chi connectivity index (χ0v) is 14.8. The second-order valence-corrected chi connectivity index (χ2v) is 8.47. The lowest BCUT2D eigenvalue weighted by Crippen LogP contribution is -2.48. The van der Waals surface area contributed by atoms with Crippen LogP contribution in [0, 0.1) is 5.41 Å². The van der Waals surface area contributed by atoms with Crippen molar-refractivity contribution in [2.24, 2.45) is 5.41 Å². The zero-order chi connectivity index (χ0) is 16.2. The molecule has 0 saturated heterocycles. The van der Waals surface area contributed by atoms with Crippen molar-refractivity contribution < 1.29 is 9.90 Å². The van der Waals surface area contributed by atoms with Crippen molar-refractivity contribution in [2.45, 2.75) is 70.8 Å². The molecule has 0 bridgehead atoms. The highest BCUT2D eigenvalue weighted by Gasteiger charge is 2.42. The van der Waals surface area contributed by atoms with E-state index in [2.05, 4.69) is 30.6 Å². The molecule has 1 aliphatic carbocycles. The summed E-state index contributed by atoms with van der Waals surface area (Å²) in [6, 6.07) is 4.15. The summed E-state index contributed by atoms with van der Waals surface area (Å²) >= 11 is 1.70. The van der Waals surface area contributed by atoms with E-state index in [9.17, 15) is 9.90 Å². The SMILES string of the molecule is CC(O)CC(C)(C)CNC(=O)C1(c2cccs2)CCCCC1. The van der Waals surface area contributed by atoms with Crippen LogP contribution in [-0.2, 0) is 10.2 Å². The number of carbonyl (C=O) groups excluding carboxylic acids is 1. The quantitative estimate of drug-likeness (QED) is 0.835. The molecular weight excluding hydrogens is 294 g/mol. The number of aliphatic hydroxyl groups is 1. The number of nitrogens with one attached hydrogen (secondary N) is 1. The number of aliphatic hydroxyl groups excluding tert-OH is 1. The number of hydrogen-bond donors (Lipinski definition) is 2. The number of thiophene rings is 1. The first-order valence-electron chi connectivity index (χ1n) is 8.36. The highest BCUT2D eigenvalue weighted by molar-refractivity contribution is 7.10. The third-order valence-electron chi connectivity index (χ3n) is 4.71. The van der Waals surface area contributed by atoms with Gasteiger partial charge in [0.05, 0.1) is 11.5 Å². The molecule has 1 aromatic rings. The van der Waals surface area contributed by atoms with Gasteiger partial charge >= 0.3 is 0 Å². The van der Waals surface area contributed by atoms with Crippen LogP contribution in [-0.4, -0.2) is 23.7 Å². The van der Waals surface area contributed by atoms with Crippen molar-refractivity contribution in [2.75, 3.05) is 6.54 Å². The summed E-state index contributed by atoms with van der Waals surface area (Å²) in [5.74, 6) is 0.174. The normalized spacial score (nSPS) is 19.6. The molecule has 0 aliphatic heterocycles. The van der Waals surface area contributed by atoms with Gasteiger partial charge in [-0.25, -0.2) is 0 Å². The molecule has 124 valence electrons. The molecule has 3 nitrogen and oxygen atoms in total. The van der Waals surface area contributed by atoms with E-state index in [1.807, 2.05) is 6.07 Å². The van der Waals surface area contributed by atoms with Crippen LogP contribution in [0.5, 0.6) is 0 Å². The number of rotatable bonds is 6. The van der Waals surface area contributed by atoms with Crippen LogP contribution in [0.1, 0.15) is 64.2 Å². The average Bonchev–Trinajstić information content (AvgIpc) is 2.99. The van der Waals surface area contributed by atoms with Gasteiger partial charge in [0.15, 0.2) is 0 Å². The highest BCUT2D eigenvalue weighted by Crippen LogP contribution is 2.42. The smallest absolute Gasteiger partial charge is 0.231 e. The fraction of sp³-hybridized carbons (Fsp3) is 0.722. The molecule has 1 unspecified atom stereocenters. The number of hydrogen-bond acceptors (Lipinski definition) is 3. The van der Waals surface area contributed by atoms with Gasteiger partial charge in [0.2, 0.25) is 5.91 Å². The summed E-state index contributed by atoms with van der Waals surface area (Å²) in [7, 11) is 0. The highest BCUT2D eigenvalue weighted by atomic mass is 32.1. The van der Waals surface area contributed by atoms with Crippen LogP contribution >= 0.6 is 11.3 Å². The molecule has 2 rings (SSSR count). The van der Waals surface area contributed by atoms with E-state index in [4.69, 9.17) is 0 Å². The molecule has 0 aromatic carbocycles. The molecule has 1 heterocycles. The van der Waals surface area contributed by atoms with Gasteiger partial charge < -0.3 is 10.4 Å². The monoisotopic (exact) mass is 323 g/mol. The first-order chi connectivity index (χ1) is 10.4. The minimum atomic E-state index is -0.340. The maximum absolute atomic E-state index is 13.0. The number of amides is 1. The predicted molar refractivity (Wildman–Crippen MR) is 92.2 cm³/mol. The van der Waals surface area contributed by atoms with Gasteiger partial charge in [-0.15, -0.1) is 11.3 Å². The van der Waals surface area contributed by atoms with E-state index in [1.165, 1.54) is 11.3 Å². The maximum atomic E-state index is 13.0. The second kappa shape index (κ2) is 7.14. The van der Waals surface area contributed by atoms with Crippen LogP contribution in [0.3, 0.4) is 0 Å². The van der Waals surface area contributed by atoms with Gasteiger partial charge in [0.1, 0.15) is 0 Å². The Hall–Kier alpha value is -0.870. The Kier molecular flexibility index (Phi) is 5.67. The van der Waals surface area contributed by atoms with Gasteiger partial charge in [-0.05, 0) is 43.0 Å².